The topological polar surface area (TPSA) is 46.6 Å². The number of hydrogen-bond donors (Lipinski definition) is 0. The Morgan fingerprint density at radius 3 is 2.25 bits per heavy atom. The molecule has 4 aliphatic carbocycles. The van der Waals surface area contributed by atoms with Crippen LogP contribution in [0.15, 0.2) is 18.2 Å². The second kappa shape index (κ2) is 7.53. The first kappa shape index (κ1) is 19.5. The van der Waals surface area contributed by atoms with Gasteiger partial charge in [0.15, 0.2) is 6.61 Å². The molecule has 0 unspecified atom stereocenters. The van der Waals surface area contributed by atoms with Gasteiger partial charge in [-0.15, -0.1) is 0 Å². The third kappa shape index (κ3) is 4.11. The highest BCUT2D eigenvalue weighted by atomic mass is 16.5. The Balaban J connectivity index is 1.27. The van der Waals surface area contributed by atoms with E-state index in [1.165, 1.54) is 49.7 Å². The third-order valence-electron chi connectivity index (χ3n) is 7.37. The molecule has 1 amide bonds. The van der Waals surface area contributed by atoms with Crippen LogP contribution in [-0.4, -0.2) is 30.4 Å². The van der Waals surface area contributed by atoms with Crippen molar-refractivity contribution in [2.75, 3.05) is 13.7 Å². The van der Waals surface area contributed by atoms with Crippen LogP contribution in [0.1, 0.15) is 61.6 Å². The van der Waals surface area contributed by atoms with Crippen molar-refractivity contribution in [2.45, 2.75) is 65.3 Å². The van der Waals surface area contributed by atoms with Crippen LogP contribution in [0.2, 0.25) is 0 Å². The summed E-state index contributed by atoms with van der Waals surface area (Å²) >= 11 is 0. The number of hydrogen-bond acceptors (Lipinski definition) is 3. The fourth-order valence-corrected chi connectivity index (χ4v) is 6.48. The van der Waals surface area contributed by atoms with E-state index in [1.807, 2.05) is 0 Å². The Morgan fingerprint density at radius 1 is 1.07 bits per heavy atom. The van der Waals surface area contributed by atoms with Crippen LogP contribution in [0.4, 0.5) is 0 Å². The fraction of sp³-hybridized carbons (Fsp3) is 0.667. The van der Waals surface area contributed by atoms with E-state index in [4.69, 9.17) is 4.74 Å². The highest BCUT2D eigenvalue weighted by molar-refractivity contribution is 5.80. The van der Waals surface area contributed by atoms with Gasteiger partial charge in [0.05, 0.1) is 6.42 Å². The Labute approximate surface area is 168 Å². The number of carbonyl (C=O) groups is 2. The minimum Gasteiger partial charge on any atom is -0.456 e. The van der Waals surface area contributed by atoms with E-state index in [1.54, 1.807) is 11.9 Å². The van der Waals surface area contributed by atoms with Crippen LogP contribution < -0.4 is 0 Å². The summed E-state index contributed by atoms with van der Waals surface area (Å²) in [6.07, 6.45) is 8.19. The average molecular weight is 384 g/mol. The molecule has 0 spiro atoms. The lowest BCUT2D eigenvalue weighted by atomic mass is 9.49. The summed E-state index contributed by atoms with van der Waals surface area (Å²) < 4.78 is 5.42. The molecule has 0 heterocycles. The van der Waals surface area contributed by atoms with Gasteiger partial charge in [0.25, 0.3) is 5.91 Å². The molecule has 4 nitrogen and oxygen atoms in total. The Bertz CT molecular complexity index is 734. The molecule has 28 heavy (non-hydrogen) atoms. The zero-order chi connectivity index (χ0) is 19.9. The lowest BCUT2D eigenvalue weighted by Gasteiger charge is -2.56. The van der Waals surface area contributed by atoms with Crippen LogP contribution >= 0.6 is 0 Å². The lowest BCUT2D eigenvalue weighted by Crippen LogP contribution is -2.47. The van der Waals surface area contributed by atoms with Gasteiger partial charge in [-0.1, -0.05) is 23.8 Å². The SMILES string of the molecule is Cc1ccc(CN(C)C(=O)COC(=O)CC23CC4CC(CC(C4)C2)C3)c(C)c1. The van der Waals surface area contributed by atoms with Crippen LogP contribution in [0, 0.1) is 37.0 Å². The molecule has 0 atom stereocenters. The van der Waals surface area contributed by atoms with Gasteiger partial charge in [0.1, 0.15) is 0 Å². The summed E-state index contributed by atoms with van der Waals surface area (Å²) in [5.41, 5.74) is 3.69. The number of aryl methyl sites for hydroxylation is 2. The zero-order valence-corrected chi connectivity index (χ0v) is 17.5. The van der Waals surface area contributed by atoms with Gasteiger partial charge in [-0.05, 0) is 86.7 Å². The first-order valence-electron chi connectivity index (χ1n) is 10.8. The van der Waals surface area contributed by atoms with Gasteiger partial charge in [0, 0.05) is 13.6 Å². The summed E-state index contributed by atoms with van der Waals surface area (Å²) in [4.78, 5) is 26.6. The number of carbonyl (C=O) groups excluding carboxylic acids is 2. The molecule has 4 bridgehead atoms. The van der Waals surface area contributed by atoms with E-state index in [0.29, 0.717) is 13.0 Å². The predicted octanol–water partition coefficient (Wildman–Crippen LogP) is 4.41. The van der Waals surface area contributed by atoms with Crippen LogP contribution in [0.5, 0.6) is 0 Å². The molecule has 0 aliphatic heterocycles. The van der Waals surface area contributed by atoms with E-state index >= 15 is 0 Å². The molecule has 1 aromatic carbocycles. The van der Waals surface area contributed by atoms with Gasteiger partial charge in [-0.3, -0.25) is 9.59 Å². The van der Waals surface area contributed by atoms with Crippen molar-refractivity contribution in [1.29, 1.82) is 0 Å². The molecule has 4 aliphatic rings. The van der Waals surface area contributed by atoms with E-state index in [9.17, 15) is 9.59 Å². The molecular weight excluding hydrogens is 350 g/mol. The molecule has 0 aromatic heterocycles. The van der Waals surface area contributed by atoms with Gasteiger partial charge in [-0.25, -0.2) is 0 Å². The Kier molecular flexibility index (Phi) is 5.24. The van der Waals surface area contributed by atoms with Crippen molar-refractivity contribution < 1.29 is 14.3 Å². The van der Waals surface area contributed by atoms with Gasteiger partial charge in [-0.2, -0.15) is 0 Å². The fourth-order valence-electron chi connectivity index (χ4n) is 6.48. The first-order valence-corrected chi connectivity index (χ1v) is 10.8. The van der Waals surface area contributed by atoms with E-state index in [0.717, 1.165) is 23.3 Å². The van der Waals surface area contributed by atoms with E-state index < -0.39 is 0 Å². The normalized spacial score (nSPS) is 30.3. The molecule has 4 fully saturated rings. The third-order valence-corrected chi connectivity index (χ3v) is 7.37. The highest BCUT2D eigenvalue weighted by Gasteiger charge is 2.51. The summed E-state index contributed by atoms with van der Waals surface area (Å²) in [5.74, 6) is 2.15. The zero-order valence-electron chi connectivity index (χ0n) is 17.5. The number of ether oxygens (including phenoxy) is 1. The smallest absolute Gasteiger partial charge is 0.306 e. The number of amides is 1. The van der Waals surface area contributed by atoms with Crippen molar-refractivity contribution in [3.8, 4) is 0 Å². The van der Waals surface area contributed by atoms with E-state index in [-0.39, 0.29) is 23.9 Å². The lowest BCUT2D eigenvalue weighted by molar-refractivity contribution is -0.157. The number of likely N-dealkylation sites (N-methyl/N-ethyl adjacent to an activating group) is 1. The van der Waals surface area contributed by atoms with Gasteiger partial charge < -0.3 is 9.64 Å². The molecule has 0 saturated heterocycles. The van der Waals surface area contributed by atoms with Gasteiger partial charge in [0.2, 0.25) is 0 Å². The maximum Gasteiger partial charge on any atom is 0.306 e. The number of benzene rings is 1. The van der Waals surface area contributed by atoms with Crippen molar-refractivity contribution in [1.82, 2.24) is 4.90 Å². The minimum atomic E-state index is -0.185. The number of nitrogens with zero attached hydrogens (tertiary/aromatic N) is 1. The maximum atomic E-state index is 12.5. The Morgan fingerprint density at radius 2 is 1.68 bits per heavy atom. The van der Waals surface area contributed by atoms with Crippen molar-refractivity contribution in [3.63, 3.8) is 0 Å². The predicted molar refractivity (Wildman–Crippen MR) is 109 cm³/mol. The monoisotopic (exact) mass is 383 g/mol. The standard InChI is InChI=1S/C24H33NO3/c1-16-4-5-21(17(2)6-16)14-25(3)22(26)15-28-23(27)13-24-10-18-7-19(11-24)9-20(8-18)12-24/h4-6,18-20H,7-15H2,1-3H3. The van der Waals surface area contributed by atoms with Crippen molar-refractivity contribution in [3.05, 3.63) is 34.9 Å². The van der Waals surface area contributed by atoms with Crippen molar-refractivity contribution in [2.24, 2.45) is 23.2 Å². The quantitative estimate of drug-likeness (QED) is 0.684. The Hall–Kier alpha value is -1.84. The molecule has 0 N–H and O–H groups in total. The molecular formula is C24H33NO3. The van der Waals surface area contributed by atoms with Crippen molar-refractivity contribution >= 4 is 11.9 Å². The van der Waals surface area contributed by atoms with Crippen LogP contribution in [-0.2, 0) is 20.9 Å². The molecule has 1 aromatic rings. The molecule has 5 rings (SSSR count). The van der Waals surface area contributed by atoms with Gasteiger partial charge >= 0.3 is 5.97 Å². The van der Waals surface area contributed by atoms with E-state index in [2.05, 4.69) is 32.0 Å². The molecule has 152 valence electrons. The number of esters is 1. The summed E-state index contributed by atoms with van der Waals surface area (Å²) in [6, 6.07) is 6.25. The summed E-state index contributed by atoms with van der Waals surface area (Å²) in [6.45, 7) is 4.52. The largest absolute Gasteiger partial charge is 0.456 e. The number of rotatable bonds is 6. The first-order chi connectivity index (χ1) is 13.3. The molecule has 0 radical (unpaired) electrons. The highest BCUT2D eigenvalue weighted by Crippen LogP contribution is 2.61. The average Bonchev–Trinajstić information content (AvgIpc) is 2.60. The maximum absolute atomic E-state index is 12.5. The second-order valence-corrected chi connectivity index (χ2v) is 9.93. The molecule has 4 heteroatoms. The molecule has 4 saturated carbocycles. The van der Waals surface area contributed by atoms with Crippen LogP contribution in [0.25, 0.3) is 0 Å². The van der Waals surface area contributed by atoms with Crippen LogP contribution in [0.3, 0.4) is 0 Å². The minimum absolute atomic E-state index is 0.140. The summed E-state index contributed by atoms with van der Waals surface area (Å²) in [7, 11) is 1.77. The summed E-state index contributed by atoms with van der Waals surface area (Å²) in [5, 5.41) is 0. The second-order valence-electron chi connectivity index (χ2n) is 9.93.